The van der Waals surface area contributed by atoms with E-state index in [1.54, 1.807) is 17.6 Å². The summed E-state index contributed by atoms with van der Waals surface area (Å²) in [7, 11) is 0. The standard InChI is InChI=1S/C20H15FN4O3S3/c21-12-1-4-14(5-2-12)28-10-17(26)23-13-3-6-15-16(9-13)31-20(24-15)30-11-18(27)25-19-22-7-8-29-19/h1-9H,10-11H2,(H,23,26)(H,22,25,27). The summed E-state index contributed by atoms with van der Waals surface area (Å²) < 4.78 is 19.9. The predicted octanol–water partition coefficient (Wildman–Crippen LogP) is 4.64. The fraction of sp³-hybridized carbons (Fsp3) is 0.100. The van der Waals surface area contributed by atoms with Gasteiger partial charge in [-0.1, -0.05) is 11.8 Å². The number of thiazole rings is 2. The van der Waals surface area contributed by atoms with E-state index in [9.17, 15) is 14.0 Å². The zero-order valence-corrected chi connectivity index (χ0v) is 18.3. The largest absolute Gasteiger partial charge is 0.484 e. The van der Waals surface area contributed by atoms with Gasteiger partial charge in [-0.15, -0.1) is 22.7 Å². The highest BCUT2D eigenvalue weighted by Crippen LogP contribution is 2.31. The number of thioether (sulfide) groups is 1. The molecule has 0 bridgehead atoms. The van der Waals surface area contributed by atoms with Gasteiger partial charge in [0.05, 0.1) is 16.0 Å². The van der Waals surface area contributed by atoms with Crippen LogP contribution in [0.1, 0.15) is 0 Å². The van der Waals surface area contributed by atoms with Crippen LogP contribution in [0, 0.1) is 5.82 Å². The average molecular weight is 475 g/mol. The quantitative estimate of drug-likeness (QED) is 0.362. The molecule has 0 fully saturated rings. The number of nitrogens with one attached hydrogen (secondary N) is 2. The second-order valence-corrected chi connectivity index (χ2v) is 9.27. The number of ether oxygens (including phenoxy) is 1. The Morgan fingerprint density at radius 3 is 2.71 bits per heavy atom. The molecular weight excluding hydrogens is 459 g/mol. The smallest absolute Gasteiger partial charge is 0.262 e. The lowest BCUT2D eigenvalue weighted by atomic mass is 10.3. The fourth-order valence-corrected chi connectivity index (χ4v) is 4.94. The Morgan fingerprint density at radius 2 is 1.94 bits per heavy atom. The Labute approximate surface area is 188 Å². The topological polar surface area (TPSA) is 93.2 Å². The van der Waals surface area contributed by atoms with Crippen molar-refractivity contribution in [1.82, 2.24) is 9.97 Å². The molecule has 0 unspecified atom stereocenters. The first-order chi connectivity index (χ1) is 15.0. The molecule has 2 aromatic carbocycles. The maximum atomic E-state index is 12.9. The fourth-order valence-electron chi connectivity index (χ4n) is 2.49. The Balaban J connectivity index is 1.31. The molecule has 4 aromatic rings. The van der Waals surface area contributed by atoms with E-state index in [1.807, 2.05) is 12.1 Å². The van der Waals surface area contributed by atoms with Crippen molar-refractivity contribution in [2.75, 3.05) is 23.0 Å². The van der Waals surface area contributed by atoms with Gasteiger partial charge >= 0.3 is 0 Å². The molecule has 0 radical (unpaired) electrons. The van der Waals surface area contributed by atoms with Gasteiger partial charge < -0.3 is 15.4 Å². The number of rotatable bonds is 8. The Bertz CT molecular complexity index is 1200. The molecule has 2 amide bonds. The molecule has 2 heterocycles. The predicted molar refractivity (Wildman–Crippen MR) is 122 cm³/mol. The van der Waals surface area contributed by atoms with Gasteiger partial charge in [0.2, 0.25) is 5.91 Å². The summed E-state index contributed by atoms with van der Waals surface area (Å²) in [6.45, 7) is -0.193. The van der Waals surface area contributed by atoms with Crippen LogP contribution in [0.15, 0.2) is 58.4 Å². The first kappa shape index (κ1) is 21.2. The van der Waals surface area contributed by atoms with Crippen molar-refractivity contribution < 1.29 is 18.7 Å². The van der Waals surface area contributed by atoms with Crippen LogP contribution in [0.3, 0.4) is 0 Å². The Kier molecular flexibility index (Phi) is 6.75. The summed E-state index contributed by atoms with van der Waals surface area (Å²) in [6.07, 6.45) is 1.63. The van der Waals surface area contributed by atoms with E-state index in [-0.39, 0.29) is 30.0 Å². The molecule has 31 heavy (non-hydrogen) atoms. The van der Waals surface area contributed by atoms with E-state index < -0.39 is 0 Å². The third kappa shape index (κ3) is 6.00. The second kappa shape index (κ2) is 9.86. The lowest BCUT2D eigenvalue weighted by Gasteiger charge is -2.07. The third-order valence-electron chi connectivity index (χ3n) is 3.84. The highest BCUT2D eigenvalue weighted by molar-refractivity contribution is 8.01. The molecule has 158 valence electrons. The van der Waals surface area contributed by atoms with Gasteiger partial charge in [-0.3, -0.25) is 9.59 Å². The number of carbonyl (C=O) groups excluding carboxylic acids is 2. The summed E-state index contributed by atoms with van der Waals surface area (Å²) in [6, 6.07) is 10.8. The molecule has 2 N–H and O–H groups in total. The molecular formula is C20H15FN4O3S3. The number of amides is 2. The van der Waals surface area contributed by atoms with Crippen molar-refractivity contribution in [1.29, 1.82) is 0 Å². The summed E-state index contributed by atoms with van der Waals surface area (Å²) in [5, 5.41) is 7.86. The molecule has 0 aliphatic heterocycles. The highest BCUT2D eigenvalue weighted by Gasteiger charge is 2.11. The molecule has 0 aliphatic rings. The van der Waals surface area contributed by atoms with E-state index in [1.165, 1.54) is 58.7 Å². The average Bonchev–Trinajstić information content (AvgIpc) is 3.41. The van der Waals surface area contributed by atoms with Gasteiger partial charge in [-0.2, -0.15) is 0 Å². The van der Waals surface area contributed by atoms with E-state index in [0.29, 0.717) is 16.6 Å². The van der Waals surface area contributed by atoms with E-state index >= 15 is 0 Å². The maximum absolute atomic E-state index is 12.9. The van der Waals surface area contributed by atoms with Crippen LogP contribution in [-0.4, -0.2) is 34.1 Å². The van der Waals surface area contributed by atoms with Crippen molar-refractivity contribution in [3.8, 4) is 5.75 Å². The SMILES string of the molecule is O=C(COc1ccc(F)cc1)Nc1ccc2nc(SCC(=O)Nc3nccs3)sc2c1. The molecule has 0 saturated carbocycles. The van der Waals surface area contributed by atoms with E-state index in [2.05, 4.69) is 20.6 Å². The maximum Gasteiger partial charge on any atom is 0.262 e. The van der Waals surface area contributed by atoms with E-state index in [0.717, 1.165) is 14.6 Å². The molecule has 7 nitrogen and oxygen atoms in total. The highest BCUT2D eigenvalue weighted by atomic mass is 32.2. The minimum Gasteiger partial charge on any atom is -0.484 e. The zero-order chi connectivity index (χ0) is 21.6. The minimum absolute atomic E-state index is 0.145. The molecule has 2 aromatic heterocycles. The van der Waals surface area contributed by atoms with Crippen LogP contribution >= 0.6 is 34.4 Å². The second-order valence-electron chi connectivity index (χ2n) is 6.13. The summed E-state index contributed by atoms with van der Waals surface area (Å²) >= 11 is 4.14. The van der Waals surface area contributed by atoms with Gasteiger partial charge in [-0.25, -0.2) is 14.4 Å². The minimum atomic E-state index is -0.368. The number of anilines is 2. The number of aromatic nitrogens is 2. The Hall–Kier alpha value is -3.02. The number of benzene rings is 2. The van der Waals surface area contributed by atoms with Crippen LogP contribution in [0.4, 0.5) is 15.2 Å². The molecule has 0 aliphatic carbocycles. The number of hydrogen-bond donors (Lipinski definition) is 2. The summed E-state index contributed by atoms with van der Waals surface area (Å²) in [4.78, 5) is 32.6. The van der Waals surface area contributed by atoms with Gasteiger partial charge in [-0.05, 0) is 42.5 Å². The first-order valence-corrected chi connectivity index (χ1v) is 11.6. The van der Waals surface area contributed by atoms with Crippen molar-refractivity contribution >= 4 is 67.3 Å². The number of fused-ring (bicyclic) bond motifs is 1. The van der Waals surface area contributed by atoms with Crippen LogP contribution in [0.2, 0.25) is 0 Å². The van der Waals surface area contributed by atoms with Crippen molar-refractivity contribution in [3.63, 3.8) is 0 Å². The summed E-state index contributed by atoms with van der Waals surface area (Å²) in [5.41, 5.74) is 1.40. The van der Waals surface area contributed by atoms with Crippen LogP contribution in [-0.2, 0) is 9.59 Å². The molecule has 0 saturated heterocycles. The summed E-state index contributed by atoms with van der Waals surface area (Å²) in [5.74, 6) is -0.207. The number of halogens is 1. The number of nitrogens with zero attached hydrogens (tertiary/aromatic N) is 2. The van der Waals surface area contributed by atoms with Crippen LogP contribution in [0.25, 0.3) is 10.2 Å². The lowest BCUT2D eigenvalue weighted by Crippen LogP contribution is -2.20. The first-order valence-electron chi connectivity index (χ1n) is 8.96. The lowest BCUT2D eigenvalue weighted by molar-refractivity contribution is -0.118. The van der Waals surface area contributed by atoms with E-state index in [4.69, 9.17) is 4.74 Å². The number of carbonyl (C=O) groups is 2. The zero-order valence-electron chi connectivity index (χ0n) is 15.8. The monoisotopic (exact) mass is 474 g/mol. The van der Waals surface area contributed by atoms with Gasteiger partial charge in [0, 0.05) is 17.3 Å². The normalized spacial score (nSPS) is 10.7. The molecule has 0 atom stereocenters. The van der Waals surface area contributed by atoms with Gasteiger partial charge in [0.25, 0.3) is 5.91 Å². The molecule has 11 heteroatoms. The van der Waals surface area contributed by atoms with Crippen LogP contribution in [0.5, 0.6) is 5.75 Å². The Morgan fingerprint density at radius 1 is 1.10 bits per heavy atom. The van der Waals surface area contributed by atoms with Crippen molar-refractivity contribution in [2.24, 2.45) is 0 Å². The molecule has 4 rings (SSSR count). The van der Waals surface area contributed by atoms with Gasteiger partial charge in [0.15, 0.2) is 16.1 Å². The third-order valence-corrected chi connectivity index (χ3v) is 6.69. The van der Waals surface area contributed by atoms with Gasteiger partial charge in [0.1, 0.15) is 11.6 Å². The van der Waals surface area contributed by atoms with Crippen molar-refractivity contribution in [2.45, 2.75) is 4.34 Å². The van der Waals surface area contributed by atoms with Crippen LogP contribution < -0.4 is 15.4 Å². The molecule has 0 spiro atoms. The number of hydrogen-bond acceptors (Lipinski definition) is 8. The van der Waals surface area contributed by atoms with Crippen molar-refractivity contribution in [3.05, 3.63) is 59.9 Å².